The number of carbonyl (C=O) groups excluding carboxylic acids is 3. The van der Waals surface area contributed by atoms with Crippen LogP contribution in [-0.4, -0.2) is 58.5 Å². The molecule has 2 aliphatic rings. The first-order valence-electron chi connectivity index (χ1n) is 11.2. The lowest BCUT2D eigenvalue weighted by atomic mass is 10.1. The van der Waals surface area contributed by atoms with Gasteiger partial charge in [0.1, 0.15) is 11.8 Å². The van der Waals surface area contributed by atoms with Gasteiger partial charge in [0.15, 0.2) is 0 Å². The summed E-state index contributed by atoms with van der Waals surface area (Å²) in [6, 6.07) is 8.69. The molecule has 1 saturated heterocycles. The molecular formula is C24H27ClN6O3. The molecule has 1 unspecified atom stereocenters. The largest absolute Gasteiger partial charge is 0.374 e. The lowest BCUT2D eigenvalue weighted by Crippen LogP contribution is -2.48. The Morgan fingerprint density at radius 3 is 2.79 bits per heavy atom. The van der Waals surface area contributed by atoms with Crippen LogP contribution >= 0.6 is 11.6 Å². The Morgan fingerprint density at radius 2 is 2.06 bits per heavy atom. The summed E-state index contributed by atoms with van der Waals surface area (Å²) in [5, 5.41) is 14.6. The topological polar surface area (TPSA) is 141 Å². The number of aryl methyl sites for hydroxylation is 1. The van der Waals surface area contributed by atoms with Crippen LogP contribution < -0.4 is 16.4 Å². The van der Waals surface area contributed by atoms with Crippen molar-refractivity contribution in [3.8, 4) is 0 Å². The predicted molar refractivity (Wildman–Crippen MR) is 129 cm³/mol. The van der Waals surface area contributed by atoms with E-state index in [1.54, 1.807) is 17.9 Å². The van der Waals surface area contributed by atoms with E-state index in [-0.39, 0.29) is 41.6 Å². The number of pyridine rings is 1. The van der Waals surface area contributed by atoms with Gasteiger partial charge in [-0.2, -0.15) is 0 Å². The van der Waals surface area contributed by atoms with Gasteiger partial charge in [0.25, 0.3) is 5.91 Å². The molecule has 10 heteroatoms. The van der Waals surface area contributed by atoms with Crippen LogP contribution in [0.4, 0.5) is 5.69 Å². The number of hydrogen-bond donors (Lipinski definition) is 4. The van der Waals surface area contributed by atoms with Crippen molar-refractivity contribution in [2.45, 2.75) is 44.2 Å². The second-order valence-corrected chi connectivity index (χ2v) is 9.10. The van der Waals surface area contributed by atoms with Gasteiger partial charge in [-0.1, -0.05) is 29.8 Å². The summed E-state index contributed by atoms with van der Waals surface area (Å²) in [5.41, 5.74) is 7.18. The average Bonchev–Trinajstić information content (AvgIpc) is 3.37. The standard InChI is InChI=1S/C24H27ClN6O3/c1-13-9-16(22(26)23(27)33)19(11-28-13)29-12-21(32)31-8-4-7-20(31)24(34)30-18-10-15(18)14-5-2-3-6-17(14)25/h2-3,5-6,9,11,15,18,20,26,29H,4,7-8,10,12H2,1H3,(H2,27,33)(H,30,34)/t15-,18?,20-/m0/s1. The molecule has 1 aliphatic carbocycles. The molecule has 1 aliphatic heterocycles. The fraction of sp³-hybridized carbons (Fsp3) is 0.375. The molecule has 5 N–H and O–H groups in total. The Bertz CT molecular complexity index is 1150. The van der Waals surface area contributed by atoms with Gasteiger partial charge in [0.05, 0.1) is 18.4 Å². The summed E-state index contributed by atoms with van der Waals surface area (Å²) >= 11 is 6.28. The van der Waals surface area contributed by atoms with Crippen molar-refractivity contribution in [2.75, 3.05) is 18.4 Å². The van der Waals surface area contributed by atoms with Crippen LogP contribution in [0, 0.1) is 12.3 Å². The monoisotopic (exact) mass is 482 g/mol. The molecule has 1 saturated carbocycles. The molecule has 0 bridgehead atoms. The highest BCUT2D eigenvalue weighted by Gasteiger charge is 2.43. The number of benzene rings is 1. The molecule has 34 heavy (non-hydrogen) atoms. The normalized spacial score (nSPS) is 21.1. The van der Waals surface area contributed by atoms with Gasteiger partial charge in [-0.05, 0) is 43.9 Å². The van der Waals surface area contributed by atoms with Crippen molar-refractivity contribution in [1.29, 1.82) is 5.41 Å². The molecule has 9 nitrogen and oxygen atoms in total. The zero-order chi connectivity index (χ0) is 24.4. The fourth-order valence-corrected chi connectivity index (χ4v) is 4.68. The van der Waals surface area contributed by atoms with Crippen LogP contribution in [0.15, 0.2) is 36.5 Å². The van der Waals surface area contributed by atoms with Crippen LogP contribution in [0.25, 0.3) is 0 Å². The number of anilines is 1. The molecule has 2 aromatic rings. The number of carbonyl (C=O) groups is 3. The molecule has 178 valence electrons. The Labute approximate surface area is 202 Å². The Hall–Kier alpha value is -3.46. The summed E-state index contributed by atoms with van der Waals surface area (Å²) in [4.78, 5) is 43.1. The molecule has 0 radical (unpaired) electrons. The lowest BCUT2D eigenvalue weighted by Gasteiger charge is -2.24. The van der Waals surface area contributed by atoms with E-state index >= 15 is 0 Å². The number of nitrogens with one attached hydrogen (secondary N) is 3. The second-order valence-electron chi connectivity index (χ2n) is 8.69. The zero-order valence-corrected chi connectivity index (χ0v) is 19.6. The SMILES string of the molecule is Cc1cc(C(=N)C(N)=O)c(NCC(=O)N2CCC[C@H]2C(=O)NC2C[C@H]2c2ccccc2Cl)cn1. The Balaban J connectivity index is 1.36. The molecule has 3 amide bonds. The molecule has 1 aromatic heterocycles. The predicted octanol–water partition coefficient (Wildman–Crippen LogP) is 1.97. The lowest BCUT2D eigenvalue weighted by molar-refractivity contribution is -0.137. The summed E-state index contributed by atoms with van der Waals surface area (Å²) in [6.07, 6.45) is 3.63. The van der Waals surface area contributed by atoms with E-state index in [1.165, 1.54) is 6.20 Å². The van der Waals surface area contributed by atoms with Crippen molar-refractivity contribution >= 4 is 40.7 Å². The van der Waals surface area contributed by atoms with Gasteiger partial charge in [0.2, 0.25) is 11.8 Å². The highest BCUT2D eigenvalue weighted by atomic mass is 35.5. The minimum Gasteiger partial charge on any atom is -0.374 e. The zero-order valence-electron chi connectivity index (χ0n) is 18.8. The number of hydrogen-bond acceptors (Lipinski definition) is 6. The van der Waals surface area contributed by atoms with Gasteiger partial charge in [-0.3, -0.25) is 24.8 Å². The van der Waals surface area contributed by atoms with Crippen molar-refractivity contribution in [3.05, 3.63) is 58.4 Å². The third-order valence-electron chi connectivity index (χ3n) is 6.29. The van der Waals surface area contributed by atoms with Gasteiger partial charge < -0.3 is 21.3 Å². The third-order valence-corrected chi connectivity index (χ3v) is 6.63. The highest BCUT2D eigenvalue weighted by Crippen LogP contribution is 2.43. The summed E-state index contributed by atoms with van der Waals surface area (Å²) in [5.74, 6) is -1.07. The number of primary amides is 1. The molecule has 4 rings (SSSR count). The Kier molecular flexibility index (Phi) is 6.83. The van der Waals surface area contributed by atoms with Crippen molar-refractivity contribution < 1.29 is 14.4 Å². The molecule has 2 heterocycles. The number of aromatic nitrogens is 1. The van der Waals surface area contributed by atoms with Crippen LogP contribution in [-0.2, 0) is 14.4 Å². The van der Waals surface area contributed by atoms with Gasteiger partial charge in [0, 0.05) is 34.8 Å². The number of amides is 3. The number of nitrogens with two attached hydrogens (primary N) is 1. The minimum atomic E-state index is -0.869. The van der Waals surface area contributed by atoms with Crippen molar-refractivity contribution in [2.24, 2.45) is 5.73 Å². The average molecular weight is 483 g/mol. The van der Waals surface area contributed by atoms with E-state index in [2.05, 4.69) is 15.6 Å². The van der Waals surface area contributed by atoms with E-state index in [9.17, 15) is 14.4 Å². The number of likely N-dealkylation sites (tertiary alicyclic amines) is 1. The van der Waals surface area contributed by atoms with Crippen LogP contribution in [0.1, 0.15) is 42.0 Å². The Morgan fingerprint density at radius 1 is 1.29 bits per heavy atom. The second kappa shape index (κ2) is 9.80. The first-order valence-corrected chi connectivity index (χ1v) is 11.6. The molecular weight excluding hydrogens is 456 g/mol. The van der Waals surface area contributed by atoms with Crippen molar-refractivity contribution in [1.82, 2.24) is 15.2 Å². The van der Waals surface area contributed by atoms with Crippen LogP contribution in [0.3, 0.4) is 0 Å². The van der Waals surface area contributed by atoms with E-state index < -0.39 is 11.9 Å². The van der Waals surface area contributed by atoms with Gasteiger partial charge in [-0.25, -0.2) is 0 Å². The maximum absolute atomic E-state index is 13.0. The highest BCUT2D eigenvalue weighted by molar-refractivity contribution is 6.44. The summed E-state index contributed by atoms with van der Waals surface area (Å²) in [6.45, 7) is 2.13. The molecule has 0 spiro atoms. The first kappa shape index (κ1) is 23.7. The maximum Gasteiger partial charge on any atom is 0.267 e. The molecule has 3 atom stereocenters. The van der Waals surface area contributed by atoms with E-state index in [4.69, 9.17) is 22.7 Å². The third kappa shape index (κ3) is 5.04. The number of halogens is 1. The summed E-state index contributed by atoms with van der Waals surface area (Å²) < 4.78 is 0. The van der Waals surface area contributed by atoms with E-state index in [0.717, 1.165) is 18.4 Å². The molecule has 1 aromatic carbocycles. The first-order chi connectivity index (χ1) is 16.3. The van der Waals surface area contributed by atoms with Gasteiger partial charge >= 0.3 is 0 Å². The van der Waals surface area contributed by atoms with Gasteiger partial charge in [-0.15, -0.1) is 0 Å². The van der Waals surface area contributed by atoms with E-state index in [0.29, 0.717) is 29.4 Å². The van der Waals surface area contributed by atoms with Crippen LogP contribution in [0.5, 0.6) is 0 Å². The quantitative estimate of drug-likeness (QED) is 0.425. The van der Waals surface area contributed by atoms with Crippen LogP contribution in [0.2, 0.25) is 5.02 Å². The summed E-state index contributed by atoms with van der Waals surface area (Å²) in [7, 11) is 0. The minimum absolute atomic E-state index is 0.0177. The number of nitrogens with zero attached hydrogens (tertiary/aromatic N) is 2. The fourth-order valence-electron chi connectivity index (χ4n) is 4.40. The maximum atomic E-state index is 13.0. The van der Waals surface area contributed by atoms with E-state index in [1.807, 2.05) is 24.3 Å². The van der Waals surface area contributed by atoms with Crippen molar-refractivity contribution in [3.63, 3.8) is 0 Å². The molecule has 2 fully saturated rings. The smallest absolute Gasteiger partial charge is 0.267 e. The number of rotatable bonds is 8.